The summed E-state index contributed by atoms with van der Waals surface area (Å²) in [5.41, 5.74) is 7.88. The lowest BCUT2D eigenvalue weighted by Gasteiger charge is -2.16. The van der Waals surface area contributed by atoms with E-state index >= 15 is 0 Å². The monoisotopic (exact) mass is 578 g/mol. The second kappa shape index (κ2) is 14.6. The average molecular weight is 578 g/mol. The topological polar surface area (TPSA) is 93.7 Å². The second-order valence-electron chi connectivity index (χ2n) is 7.65. The van der Waals surface area contributed by atoms with Crippen LogP contribution in [0.15, 0.2) is 60.1 Å². The fraction of sp³-hybridized carbons (Fsp3) is 0.385. The normalized spacial score (nSPS) is 14.7. The zero-order valence-corrected chi connectivity index (χ0v) is 21.9. The Hall–Kier alpha value is -2.68. The van der Waals surface area contributed by atoms with Gasteiger partial charge in [-0.15, -0.1) is 5.73 Å². The number of amides is 2. The predicted octanol–water partition coefficient (Wildman–Crippen LogP) is 4.30. The van der Waals surface area contributed by atoms with E-state index in [1.54, 1.807) is 12.1 Å². The number of ether oxygens (including phenoxy) is 1. The van der Waals surface area contributed by atoms with Crippen molar-refractivity contribution in [2.24, 2.45) is 5.92 Å². The molecular formula is C26H31IN2O5. The molecule has 2 unspecified atom stereocenters. The van der Waals surface area contributed by atoms with Gasteiger partial charge >= 0.3 is 0 Å². The Balaban J connectivity index is 2.07. The summed E-state index contributed by atoms with van der Waals surface area (Å²) in [6, 6.07) is 7.41. The molecular weight excluding hydrogens is 547 g/mol. The van der Waals surface area contributed by atoms with Gasteiger partial charge in [0.25, 0.3) is 5.91 Å². The van der Waals surface area contributed by atoms with Crippen molar-refractivity contribution in [2.75, 3.05) is 20.8 Å². The van der Waals surface area contributed by atoms with E-state index in [9.17, 15) is 14.4 Å². The zero-order chi connectivity index (χ0) is 24.9. The number of hydroxylamine groups is 1. The SMILES string of the molecule is CCCOC1=CC=C(c2ccc(C(=O)C(I)CCC(C(=O)NC)C(=O)NOC)cc2)C=C=CC1. The van der Waals surface area contributed by atoms with E-state index in [1.807, 2.05) is 36.4 Å². The fourth-order valence-corrected chi connectivity index (χ4v) is 4.03. The molecule has 182 valence electrons. The van der Waals surface area contributed by atoms with Gasteiger partial charge in [0, 0.05) is 19.0 Å². The predicted molar refractivity (Wildman–Crippen MR) is 140 cm³/mol. The Labute approximate surface area is 214 Å². The fourth-order valence-electron chi connectivity index (χ4n) is 3.31. The zero-order valence-electron chi connectivity index (χ0n) is 19.7. The first kappa shape index (κ1) is 27.6. The number of halogens is 1. The van der Waals surface area contributed by atoms with Crippen LogP contribution in [0.4, 0.5) is 0 Å². The lowest BCUT2D eigenvalue weighted by molar-refractivity contribution is -0.142. The van der Waals surface area contributed by atoms with E-state index in [1.165, 1.54) is 14.2 Å². The summed E-state index contributed by atoms with van der Waals surface area (Å²) in [5, 5.41) is 2.48. The second-order valence-corrected chi connectivity index (χ2v) is 9.15. The summed E-state index contributed by atoms with van der Waals surface area (Å²) in [4.78, 5) is 41.7. The Morgan fingerprint density at radius 3 is 2.50 bits per heavy atom. The van der Waals surface area contributed by atoms with Gasteiger partial charge in [0.2, 0.25) is 5.91 Å². The first-order valence-electron chi connectivity index (χ1n) is 11.2. The van der Waals surface area contributed by atoms with E-state index in [2.05, 4.69) is 50.9 Å². The number of hydrogen-bond donors (Lipinski definition) is 2. The van der Waals surface area contributed by atoms with E-state index in [-0.39, 0.29) is 16.1 Å². The molecule has 1 aliphatic rings. The number of carbonyl (C=O) groups is 3. The molecule has 2 atom stereocenters. The molecule has 0 bridgehead atoms. The molecule has 0 radical (unpaired) electrons. The van der Waals surface area contributed by atoms with Crippen molar-refractivity contribution >= 4 is 45.8 Å². The van der Waals surface area contributed by atoms with Gasteiger partial charge in [0.05, 0.1) is 17.6 Å². The molecule has 2 amide bonds. The molecule has 0 spiro atoms. The van der Waals surface area contributed by atoms with E-state index in [0.29, 0.717) is 25.0 Å². The third-order valence-corrected chi connectivity index (χ3v) is 6.37. The summed E-state index contributed by atoms with van der Waals surface area (Å²) in [6.07, 6.45) is 10.1. The number of Topliss-reactive ketones (excluding diaryl/α,β-unsaturated/α-hetero) is 1. The molecule has 2 N–H and O–H groups in total. The van der Waals surface area contributed by atoms with Crippen LogP contribution in [0.2, 0.25) is 0 Å². The maximum Gasteiger partial charge on any atom is 0.256 e. The Kier molecular flexibility index (Phi) is 11.8. The van der Waals surface area contributed by atoms with Gasteiger partial charge in [-0.05, 0) is 48.6 Å². The van der Waals surface area contributed by atoms with Gasteiger partial charge in [-0.25, -0.2) is 5.48 Å². The molecule has 7 nitrogen and oxygen atoms in total. The molecule has 0 saturated heterocycles. The van der Waals surface area contributed by atoms with Gasteiger partial charge in [0.15, 0.2) is 5.78 Å². The maximum absolute atomic E-state index is 12.9. The molecule has 34 heavy (non-hydrogen) atoms. The highest BCUT2D eigenvalue weighted by atomic mass is 127. The van der Waals surface area contributed by atoms with Crippen LogP contribution in [0.5, 0.6) is 0 Å². The lowest BCUT2D eigenvalue weighted by atomic mass is 9.96. The Bertz CT molecular complexity index is 991. The first-order valence-corrected chi connectivity index (χ1v) is 12.4. The average Bonchev–Trinajstić information content (AvgIpc) is 2.83. The third-order valence-electron chi connectivity index (χ3n) is 5.18. The Morgan fingerprint density at radius 2 is 1.85 bits per heavy atom. The summed E-state index contributed by atoms with van der Waals surface area (Å²) >= 11 is 2.06. The molecule has 8 heteroatoms. The summed E-state index contributed by atoms with van der Waals surface area (Å²) in [5.74, 6) is -1.03. The van der Waals surface area contributed by atoms with Crippen LogP contribution in [-0.2, 0) is 19.2 Å². The number of ketones is 1. The van der Waals surface area contributed by atoms with E-state index < -0.39 is 17.7 Å². The smallest absolute Gasteiger partial charge is 0.256 e. The highest BCUT2D eigenvalue weighted by Crippen LogP contribution is 2.23. The van der Waals surface area contributed by atoms with E-state index in [4.69, 9.17) is 4.74 Å². The molecule has 1 aromatic carbocycles. The number of carbonyl (C=O) groups excluding carboxylic acids is 3. The van der Waals surface area contributed by atoms with Gasteiger partial charge in [-0.3, -0.25) is 19.2 Å². The molecule has 2 rings (SSSR count). The largest absolute Gasteiger partial charge is 0.498 e. The quantitative estimate of drug-likeness (QED) is 0.0964. The van der Waals surface area contributed by atoms with Crippen LogP contribution >= 0.6 is 22.6 Å². The maximum atomic E-state index is 12.9. The standard InChI is InChI=1S/C26H31IN2O5/c1-4-17-34-21-8-6-5-7-18(13-14-21)19-9-11-20(12-10-19)24(30)23(27)16-15-22(25(31)28-2)26(32)29-33-3/h6-7,9-14,22-23H,4,8,15-17H2,1-3H3,(H,28,31)(H,29,32). The van der Waals surface area contributed by atoms with Gasteiger partial charge in [-0.2, -0.15) is 0 Å². The third kappa shape index (κ3) is 8.27. The molecule has 1 aromatic rings. The minimum absolute atomic E-state index is 0.0489. The molecule has 0 aliphatic heterocycles. The lowest BCUT2D eigenvalue weighted by Crippen LogP contribution is -2.40. The van der Waals surface area contributed by atoms with Crippen LogP contribution < -0.4 is 10.8 Å². The number of nitrogens with one attached hydrogen (secondary N) is 2. The highest BCUT2D eigenvalue weighted by molar-refractivity contribution is 14.1. The number of alkyl halides is 1. The van der Waals surface area contributed by atoms with Crippen LogP contribution in [-0.4, -0.2) is 42.3 Å². The minimum atomic E-state index is -0.928. The van der Waals surface area contributed by atoms with Crippen LogP contribution in [0, 0.1) is 5.92 Å². The van der Waals surface area contributed by atoms with Gasteiger partial charge in [-0.1, -0.05) is 59.9 Å². The summed E-state index contributed by atoms with van der Waals surface area (Å²) < 4.78 is 5.37. The van der Waals surface area contributed by atoms with Crippen molar-refractivity contribution in [2.45, 2.75) is 36.5 Å². The number of rotatable bonds is 12. The molecule has 1 aliphatic carbocycles. The summed E-state index contributed by atoms with van der Waals surface area (Å²) in [6.45, 7) is 2.75. The van der Waals surface area contributed by atoms with Crippen molar-refractivity contribution < 1.29 is 24.0 Å². The number of benzene rings is 1. The van der Waals surface area contributed by atoms with Crippen LogP contribution in [0.1, 0.15) is 48.5 Å². The van der Waals surface area contributed by atoms with Crippen molar-refractivity contribution in [1.82, 2.24) is 10.8 Å². The van der Waals surface area contributed by atoms with Crippen molar-refractivity contribution in [3.63, 3.8) is 0 Å². The number of allylic oxidation sites excluding steroid dienone is 4. The van der Waals surface area contributed by atoms with E-state index in [0.717, 1.165) is 23.3 Å². The highest BCUT2D eigenvalue weighted by Gasteiger charge is 2.28. The van der Waals surface area contributed by atoms with Crippen molar-refractivity contribution in [3.05, 3.63) is 71.2 Å². The first-order chi connectivity index (χ1) is 16.4. The Morgan fingerprint density at radius 1 is 1.12 bits per heavy atom. The van der Waals surface area contributed by atoms with Gasteiger partial charge < -0.3 is 10.1 Å². The molecule has 0 saturated carbocycles. The molecule has 0 heterocycles. The number of hydrogen-bond acceptors (Lipinski definition) is 5. The summed E-state index contributed by atoms with van der Waals surface area (Å²) in [7, 11) is 2.77. The van der Waals surface area contributed by atoms with Crippen LogP contribution in [0.3, 0.4) is 0 Å². The van der Waals surface area contributed by atoms with Crippen molar-refractivity contribution in [3.8, 4) is 0 Å². The van der Waals surface area contributed by atoms with Gasteiger partial charge in [0.1, 0.15) is 11.7 Å². The minimum Gasteiger partial charge on any atom is -0.498 e. The van der Waals surface area contributed by atoms with Crippen molar-refractivity contribution in [1.29, 1.82) is 0 Å². The molecule has 0 fully saturated rings. The molecule has 0 aromatic heterocycles. The van der Waals surface area contributed by atoms with Crippen LogP contribution in [0.25, 0.3) is 5.57 Å².